The molecule has 0 spiro atoms. The number of fused-ring (bicyclic) bond motifs is 1. The Labute approximate surface area is 156 Å². The molecule has 4 aromatic rings. The first-order valence-electron chi connectivity index (χ1n) is 8.98. The maximum atomic E-state index is 13.0. The third-order valence-corrected chi connectivity index (χ3v) is 4.84. The van der Waals surface area contributed by atoms with Crippen molar-refractivity contribution in [2.24, 2.45) is 0 Å². The van der Waals surface area contributed by atoms with Gasteiger partial charge in [0, 0.05) is 28.2 Å². The molecular weight excluding hydrogens is 338 g/mol. The fourth-order valence-electron chi connectivity index (χ4n) is 3.25. The molecule has 0 atom stereocenters. The highest BCUT2D eigenvalue weighted by Gasteiger charge is 2.27. The van der Waals surface area contributed by atoms with Crippen LogP contribution in [-0.4, -0.2) is 15.9 Å². The largest absolute Gasteiger partial charge is 0.444 e. The van der Waals surface area contributed by atoms with E-state index < -0.39 is 0 Å². The predicted octanol–water partition coefficient (Wildman–Crippen LogP) is 5.02. The molecule has 1 N–H and O–H groups in total. The van der Waals surface area contributed by atoms with E-state index in [1.807, 2.05) is 54.6 Å². The topological polar surface area (TPSA) is 68.0 Å². The first-order valence-corrected chi connectivity index (χ1v) is 8.98. The van der Waals surface area contributed by atoms with Crippen molar-refractivity contribution in [2.75, 3.05) is 5.32 Å². The van der Waals surface area contributed by atoms with Gasteiger partial charge in [-0.2, -0.15) is 0 Å². The van der Waals surface area contributed by atoms with E-state index in [0.29, 0.717) is 17.2 Å². The number of benzene rings is 2. The highest BCUT2D eigenvalue weighted by Crippen LogP contribution is 2.40. The zero-order valence-electron chi connectivity index (χ0n) is 14.6. The number of nitrogens with zero attached hydrogens (tertiary/aromatic N) is 2. The molecule has 1 amide bonds. The Bertz CT molecular complexity index is 1110. The molecule has 27 heavy (non-hydrogen) atoms. The van der Waals surface area contributed by atoms with Crippen molar-refractivity contribution < 1.29 is 9.21 Å². The Morgan fingerprint density at radius 2 is 1.89 bits per heavy atom. The number of para-hydroxylation sites is 1. The highest BCUT2D eigenvalue weighted by atomic mass is 16.3. The van der Waals surface area contributed by atoms with E-state index in [-0.39, 0.29) is 5.91 Å². The van der Waals surface area contributed by atoms with Gasteiger partial charge in [0.2, 0.25) is 0 Å². The summed E-state index contributed by atoms with van der Waals surface area (Å²) in [5, 5.41) is 3.87. The van der Waals surface area contributed by atoms with Gasteiger partial charge in [0.25, 0.3) is 5.91 Å². The molecule has 1 fully saturated rings. The molecular formula is C22H17N3O2. The first-order chi connectivity index (χ1) is 13.3. The van der Waals surface area contributed by atoms with Crippen LogP contribution >= 0.6 is 0 Å². The summed E-state index contributed by atoms with van der Waals surface area (Å²) in [6.07, 6.45) is 5.36. The van der Waals surface area contributed by atoms with Gasteiger partial charge < -0.3 is 9.73 Å². The molecule has 1 aliphatic carbocycles. The molecule has 132 valence electrons. The monoisotopic (exact) mass is 355 g/mol. The van der Waals surface area contributed by atoms with E-state index in [4.69, 9.17) is 9.40 Å². The second kappa shape index (κ2) is 6.36. The maximum Gasteiger partial charge on any atom is 0.256 e. The maximum absolute atomic E-state index is 13.0. The van der Waals surface area contributed by atoms with Crippen LogP contribution in [0.4, 0.5) is 5.69 Å². The molecule has 1 saturated carbocycles. The Kier molecular flexibility index (Phi) is 3.71. The minimum atomic E-state index is -0.122. The van der Waals surface area contributed by atoms with Crippen molar-refractivity contribution in [2.45, 2.75) is 18.8 Å². The molecule has 2 aromatic carbocycles. The summed E-state index contributed by atoms with van der Waals surface area (Å²) in [6.45, 7) is 0. The van der Waals surface area contributed by atoms with Gasteiger partial charge in [-0.15, -0.1) is 0 Å². The number of pyridine rings is 1. The molecule has 5 nitrogen and oxygen atoms in total. The minimum Gasteiger partial charge on any atom is -0.444 e. The van der Waals surface area contributed by atoms with Gasteiger partial charge in [0.1, 0.15) is 0 Å². The lowest BCUT2D eigenvalue weighted by molar-refractivity contribution is 0.102. The van der Waals surface area contributed by atoms with Crippen LogP contribution in [0, 0.1) is 0 Å². The Morgan fingerprint density at radius 1 is 1.07 bits per heavy atom. The molecule has 5 heteroatoms. The van der Waals surface area contributed by atoms with E-state index in [1.54, 1.807) is 6.20 Å². The van der Waals surface area contributed by atoms with Crippen LogP contribution in [0.3, 0.4) is 0 Å². The average Bonchev–Trinajstić information content (AvgIpc) is 3.42. The standard InChI is InChI=1S/C22H17N3O2/c26-22(24-16-9-7-15(8-10-16)21-12-23-13-27-21)18-11-20(14-5-6-14)25-19-4-2-1-3-17(18)19/h1-4,7-14H,5-6H2,(H,24,26). The Balaban J connectivity index is 1.45. The molecule has 2 aromatic heterocycles. The lowest BCUT2D eigenvalue weighted by Crippen LogP contribution is -2.13. The molecule has 0 unspecified atom stereocenters. The van der Waals surface area contributed by atoms with Crippen molar-refractivity contribution in [3.63, 3.8) is 0 Å². The van der Waals surface area contributed by atoms with Crippen LogP contribution in [0.15, 0.2) is 71.6 Å². The molecule has 0 saturated heterocycles. The molecule has 0 radical (unpaired) electrons. The number of amides is 1. The number of oxazole rings is 1. The van der Waals surface area contributed by atoms with Crippen LogP contribution in [0.25, 0.3) is 22.2 Å². The number of anilines is 1. The summed E-state index contributed by atoms with van der Waals surface area (Å²) < 4.78 is 5.29. The van der Waals surface area contributed by atoms with Gasteiger partial charge in [-0.05, 0) is 49.2 Å². The van der Waals surface area contributed by atoms with Crippen LogP contribution in [0.2, 0.25) is 0 Å². The lowest BCUT2D eigenvalue weighted by atomic mass is 10.0. The average molecular weight is 355 g/mol. The van der Waals surface area contributed by atoms with Gasteiger partial charge in [-0.25, -0.2) is 4.98 Å². The van der Waals surface area contributed by atoms with Gasteiger partial charge in [-0.1, -0.05) is 18.2 Å². The zero-order chi connectivity index (χ0) is 18.2. The van der Waals surface area contributed by atoms with Crippen molar-refractivity contribution in [1.29, 1.82) is 0 Å². The minimum absolute atomic E-state index is 0.122. The molecule has 1 aliphatic rings. The fraction of sp³-hybridized carbons (Fsp3) is 0.136. The predicted molar refractivity (Wildman–Crippen MR) is 104 cm³/mol. The number of hydrogen-bond acceptors (Lipinski definition) is 4. The SMILES string of the molecule is O=C(Nc1ccc(-c2cnco2)cc1)c1cc(C2CC2)nc2ccccc12. The van der Waals surface area contributed by atoms with E-state index in [9.17, 15) is 4.79 Å². The van der Waals surface area contributed by atoms with Gasteiger partial charge in [0.05, 0.1) is 17.3 Å². The molecule has 0 bridgehead atoms. The number of hydrogen-bond donors (Lipinski definition) is 1. The van der Waals surface area contributed by atoms with Crippen LogP contribution in [0.5, 0.6) is 0 Å². The summed E-state index contributed by atoms with van der Waals surface area (Å²) >= 11 is 0. The van der Waals surface area contributed by atoms with Crippen LogP contribution < -0.4 is 5.32 Å². The molecule has 5 rings (SSSR count). The van der Waals surface area contributed by atoms with Crippen molar-refractivity contribution in [3.05, 3.63) is 78.4 Å². The lowest BCUT2D eigenvalue weighted by Gasteiger charge is -2.10. The number of rotatable bonds is 4. The van der Waals surface area contributed by atoms with Crippen LogP contribution in [0.1, 0.15) is 34.8 Å². The van der Waals surface area contributed by atoms with E-state index in [1.165, 1.54) is 6.39 Å². The summed E-state index contributed by atoms with van der Waals surface area (Å²) in [6, 6.07) is 17.3. The van der Waals surface area contributed by atoms with E-state index >= 15 is 0 Å². The quantitative estimate of drug-likeness (QED) is 0.558. The van der Waals surface area contributed by atoms with E-state index in [0.717, 1.165) is 40.7 Å². The van der Waals surface area contributed by atoms with Crippen molar-refractivity contribution >= 4 is 22.5 Å². The number of carbonyl (C=O) groups excluding carboxylic acids is 1. The number of aromatic nitrogens is 2. The van der Waals surface area contributed by atoms with Gasteiger partial charge in [0.15, 0.2) is 12.2 Å². The van der Waals surface area contributed by atoms with Crippen molar-refractivity contribution in [3.8, 4) is 11.3 Å². The fourth-order valence-corrected chi connectivity index (χ4v) is 3.25. The van der Waals surface area contributed by atoms with Crippen LogP contribution in [-0.2, 0) is 0 Å². The second-order valence-electron chi connectivity index (χ2n) is 6.78. The molecule has 0 aliphatic heterocycles. The Hall–Kier alpha value is -3.47. The molecule has 2 heterocycles. The number of carbonyl (C=O) groups is 1. The van der Waals surface area contributed by atoms with Gasteiger partial charge in [-0.3, -0.25) is 9.78 Å². The summed E-state index contributed by atoms with van der Waals surface area (Å²) in [7, 11) is 0. The third kappa shape index (κ3) is 3.08. The van der Waals surface area contributed by atoms with Gasteiger partial charge >= 0.3 is 0 Å². The second-order valence-corrected chi connectivity index (χ2v) is 6.78. The normalized spacial score (nSPS) is 13.6. The first kappa shape index (κ1) is 15.8. The van der Waals surface area contributed by atoms with Crippen molar-refractivity contribution in [1.82, 2.24) is 9.97 Å². The smallest absolute Gasteiger partial charge is 0.256 e. The number of nitrogens with one attached hydrogen (secondary N) is 1. The third-order valence-electron chi connectivity index (χ3n) is 4.84. The summed E-state index contributed by atoms with van der Waals surface area (Å²) in [5.41, 5.74) is 4.20. The summed E-state index contributed by atoms with van der Waals surface area (Å²) in [4.78, 5) is 21.6. The Morgan fingerprint density at radius 3 is 2.63 bits per heavy atom. The van der Waals surface area contributed by atoms with E-state index in [2.05, 4.69) is 10.3 Å². The summed E-state index contributed by atoms with van der Waals surface area (Å²) in [5.74, 6) is 1.06. The highest BCUT2D eigenvalue weighted by molar-refractivity contribution is 6.12. The zero-order valence-corrected chi connectivity index (χ0v) is 14.6.